The second-order valence-electron chi connectivity index (χ2n) is 14.7. The van der Waals surface area contributed by atoms with Gasteiger partial charge in [-0.25, -0.2) is 9.97 Å². The number of benzene rings is 6. The molecule has 2 heterocycles. The van der Waals surface area contributed by atoms with Crippen LogP contribution in [0.1, 0.15) is 49.9 Å². The van der Waals surface area contributed by atoms with Crippen molar-refractivity contribution in [2.24, 2.45) is 0 Å². The number of hydrogen-bond donors (Lipinski definition) is 0. The van der Waals surface area contributed by atoms with Crippen LogP contribution in [0.15, 0.2) is 140 Å². The fraction of sp³-hybridized carbons (Fsp3) is 0.130. The number of fused-ring (bicyclic) bond motifs is 9. The highest BCUT2D eigenvalue weighted by Crippen LogP contribution is 2.54. The van der Waals surface area contributed by atoms with Gasteiger partial charge in [-0.05, 0) is 68.8 Å². The Labute approximate surface area is 286 Å². The summed E-state index contributed by atoms with van der Waals surface area (Å²) in [7, 11) is 0. The van der Waals surface area contributed by atoms with Gasteiger partial charge in [0.05, 0.1) is 28.6 Å². The summed E-state index contributed by atoms with van der Waals surface area (Å²) in [6.07, 6.45) is 2.03. The van der Waals surface area contributed by atoms with Gasteiger partial charge in [-0.2, -0.15) is 0 Å². The van der Waals surface area contributed by atoms with Gasteiger partial charge in [-0.15, -0.1) is 0 Å². The predicted octanol–water partition coefficient (Wildman–Crippen LogP) is 11.5. The minimum absolute atomic E-state index is 0.101. The van der Waals surface area contributed by atoms with E-state index >= 15 is 0 Å². The summed E-state index contributed by atoms with van der Waals surface area (Å²) in [6.45, 7) is 9.46. The molecular weight excluding hydrogens is 595 g/mol. The number of nitrogens with zero attached hydrogens (tertiary/aromatic N) is 3. The highest BCUT2D eigenvalue weighted by atomic mass is 15.0. The summed E-state index contributed by atoms with van der Waals surface area (Å²) in [4.78, 5) is 10.3. The lowest BCUT2D eigenvalue weighted by molar-refractivity contribution is 0.660. The first kappa shape index (κ1) is 28.2. The van der Waals surface area contributed by atoms with Gasteiger partial charge in [-0.3, -0.25) is 0 Å². The first-order valence-corrected chi connectivity index (χ1v) is 17.2. The second kappa shape index (κ2) is 9.87. The topological polar surface area (TPSA) is 30.7 Å². The van der Waals surface area contributed by atoms with E-state index < -0.39 is 0 Å². The average Bonchev–Trinajstić information content (AvgIpc) is 3.66. The molecule has 6 aromatic carbocycles. The van der Waals surface area contributed by atoms with Crippen LogP contribution >= 0.6 is 0 Å². The standard InChI is InChI=1S/C46H35N3/c1-45(2)36-21-13-11-19-30(36)32-25-40-34(23-38(32)45)35-24-39-33(31-20-12-14-22-37(31)46(39,3)4)26-41(35)49(40)42-27-47-44(29-17-9-6-10-18-29)48-43(42)28-15-7-5-8-16-28/h5-27H,1-4H3. The zero-order valence-electron chi connectivity index (χ0n) is 28.1. The third-order valence-corrected chi connectivity index (χ3v) is 11.3. The minimum Gasteiger partial charge on any atom is -0.306 e. The Balaban J connectivity index is 1.35. The Morgan fingerprint density at radius 3 is 1.47 bits per heavy atom. The van der Waals surface area contributed by atoms with Gasteiger partial charge < -0.3 is 4.57 Å². The Hall–Kier alpha value is -5.80. The lowest BCUT2D eigenvalue weighted by Gasteiger charge is -2.22. The van der Waals surface area contributed by atoms with E-state index in [0.29, 0.717) is 0 Å². The van der Waals surface area contributed by atoms with Crippen molar-refractivity contribution in [3.8, 4) is 50.6 Å². The molecule has 0 bridgehead atoms. The third kappa shape index (κ3) is 3.84. The van der Waals surface area contributed by atoms with Gasteiger partial charge in [0.1, 0.15) is 0 Å². The van der Waals surface area contributed by atoms with E-state index in [-0.39, 0.29) is 10.8 Å². The summed E-state index contributed by atoms with van der Waals surface area (Å²) in [5.41, 5.74) is 16.8. The molecular formula is C46H35N3. The van der Waals surface area contributed by atoms with Crippen LogP contribution in [-0.2, 0) is 10.8 Å². The van der Waals surface area contributed by atoms with Gasteiger partial charge in [-0.1, -0.05) is 137 Å². The maximum absolute atomic E-state index is 5.31. The third-order valence-electron chi connectivity index (χ3n) is 11.3. The highest BCUT2D eigenvalue weighted by molar-refractivity contribution is 6.13. The molecule has 2 aliphatic carbocycles. The number of rotatable bonds is 3. The fourth-order valence-corrected chi connectivity index (χ4v) is 8.74. The molecule has 0 fully saturated rings. The van der Waals surface area contributed by atoms with E-state index in [2.05, 4.69) is 148 Å². The Morgan fingerprint density at radius 2 is 0.939 bits per heavy atom. The van der Waals surface area contributed by atoms with E-state index in [4.69, 9.17) is 9.97 Å². The molecule has 0 amide bonds. The van der Waals surface area contributed by atoms with Crippen LogP contribution in [-0.4, -0.2) is 14.5 Å². The molecule has 234 valence electrons. The van der Waals surface area contributed by atoms with E-state index in [0.717, 1.165) is 28.3 Å². The Bertz CT molecular complexity index is 2520. The van der Waals surface area contributed by atoms with E-state index in [9.17, 15) is 0 Å². The monoisotopic (exact) mass is 629 g/mol. The van der Waals surface area contributed by atoms with Crippen molar-refractivity contribution in [1.82, 2.24) is 14.5 Å². The molecule has 0 atom stereocenters. The molecule has 2 aliphatic rings. The highest BCUT2D eigenvalue weighted by Gasteiger charge is 2.38. The van der Waals surface area contributed by atoms with Crippen LogP contribution in [0, 0.1) is 0 Å². The first-order valence-electron chi connectivity index (χ1n) is 17.2. The Kier molecular flexibility index (Phi) is 5.69. The molecule has 3 heteroatoms. The van der Waals surface area contributed by atoms with Crippen molar-refractivity contribution in [2.75, 3.05) is 0 Å². The van der Waals surface area contributed by atoms with Crippen molar-refractivity contribution >= 4 is 21.8 Å². The minimum atomic E-state index is -0.101. The lowest BCUT2D eigenvalue weighted by atomic mass is 9.81. The second-order valence-corrected chi connectivity index (χ2v) is 14.7. The zero-order chi connectivity index (χ0) is 33.1. The predicted molar refractivity (Wildman–Crippen MR) is 202 cm³/mol. The summed E-state index contributed by atoms with van der Waals surface area (Å²) < 4.78 is 2.43. The zero-order valence-corrected chi connectivity index (χ0v) is 28.1. The van der Waals surface area contributed by atoms with Crippen molar-refractivity contribution in [2.45, 2.75) is 38.5 Å². The van der Waals surface area contributed by atoms with Crippen molar-refractivity contribution < 1.29 is 0 Å². The van der Waals surface area contributed by atoms with Gasteiger partial charge in [0.15, 0.2) is 5.82 Å². The summed E-state index contributed by atoms with van der Waals surface area (Å²) in [5, 5.41) is 2.52. The van der Waals surface area contributed by atoms with Crippen molar-refractivity contribution in [3.63, 3.8) is 0 Å². The van der Waals surface area contributed by atoms with Crippen LogP contribution in [0.4, 0.5) is 0 Å². The van der Waals surface area contributed by atoms with Crippen LogP contribution in [0.25, 0.3) is 72.4 Å². The van der Waals surface area contributed by atoms with E-state index in [1.54, 1.807) is 0 Å². The molecule has 10 rings (SSSR count). The largest absolute Gasteiger partial charge is 0.306 e. The quantitative estimate of drug-likeness (QED) is 0.195. The first-order chi connectivity index (χ1) is 23.8. The molecule has 0 saturated heterocycles. The van der Waals surface area contributed by atoms with Gasteiger partial charge in [0, 0.05) is 32.7 Å². The van der Waals surface area contributed by atoms with Crippen LogP contribution in [0.5, 0.6) is 0 Å². The lowest BCUT2D eigenvalue weighted by Crippen LogP contribution is -2.15. The normalized spacial score (nSPS) is 14.9. The number of hydrogen-bond acceptors (Lipinski definition) is 2. The summed E-state index contributed by atoms with van der Waals surface area (Å²) in [5.74, 6) is 0.720. The van der Waals surface area contributed by atoms with Crippen LogP contribution < -0.4 is 0 Å². The van der Waals surface area contributed by atoms with Gasteiger partial charge in [0.2, 0.25) is 0 Å². The average molecular weight is 630 g/mol. The molecule has 0 saturated carbocycles. The van der Waals surface area contributed by atoms with E-state index in [1.165, 1.54) is 66.3 Å². The van der Waals surface area contributed by atoms with Crippen LogP contribution in [0.2, 0.25) is 0 Å². The molecule has 0 unspecified atom stereocenters. The molecule has 8 aromatic rings. The summed E-state index contributed by atoms with van der Waals surface area (Å²) in [6, 6.07) is 48.5. The van der Waals surface area contributed by atoms with Gasteiger partial charge >= 0.3 is 0 Å². The van der Waals surface area contributed by atoms with Crippen LogP contribution in [0.3, 0.4) is 0 Å². The SMILES string of the molecule is CC1(C)c2ccccc2-c2cc3c(cc21)c1cc2c(cc1n3-c1cnc(-c3ccccc3)nc1-c1ccccc1)-c1ccccc1C2(C)C. The van der Waals surface area contributed by atoms with Crippen molar-refractivity contribution in [3.05, 3.63) is 162 Å². The van der Waals surface area contributed by atoms with Gasteiger partial charge in [0.25, 0.3) is 0 Å². The fourth-order valence-electron chi connectivity index (χ4n) is 8.74. The molecule has 0 radical (unpaired) electrons. The molecule has 0 N–H and O–H groups in total. The summed E-state index contributed by atoms with van der Waals surface area (Å²) >= 11 is 0. The van der Waals surface area contributed by atoms with Crippen molar-refractivity contribution in [1.29, 1.82) is 0 Å². The Morgan fingerprint density at radius 1 is 0.469 bits per heavy atom. The molecule has 0 spiro atoms. The smallest absolute Gasteiger partial charge is 0.159 e. The number of aromatic nitrogens is 3. The molecule has 2 aromatic heterocycles. The van der Waals surface area contributed by atoms with E-state index in [1.807, 2.05) is 24.4 Å². The maximum atomic E-state index is 5.31. The molecule has 49 heavy (non-hydrogen) atoms. The molecule has 3 nitrogen and oxygen atoms in total. The molecule has 0 aliphatic heterocycles. The maximum Gasteiger partial charge on any atom is 0.159 e.